The number of hydrogen-bond donors (Lipinski definition) is 0. The smallest absolute Gasteiger partial charge is 0.135 e. The number of aryl methyl sites for hydroxylation is 1. The Morgan fingerprint density at radius 3 is 1.75 bits per heavy atom. The lowest BCUT2D eigenvalue weighted by molar-refractivity contribution is 0.660. The van der Waals surface area contributed by atoms with Gasteiger partial charge in [0, 0.05) is 33.1 Å². The van der Waals surface area contributed by atoms with Crippen molar-refractivity contribution in [1.29, 1.82) is 0 Å². The molecule has 1 aromatic heterocycles. The Bertz CT molecular complexity index is 3310. The van der Waals surface area contributed by atoms with Crippen LogP contribution < -0.4 is 4.90 Å². The number of nitrogens with zero attached hydrogens (tertiary/aromatic N) is 1. The molecule has 2 nitrogen and oxygen atoms in total. The van der Waals surface area contributed by atoms with E-state index in [4.69, 9.17) is 4.42 Å². The topological polar surface area (TPSA) is 16.4 Å². The van der Waals surface area contributed by atoms with E-state index in [0.29, 0.717) is 0 Å². The van der Waals surface area contributed by atoms with Crippen LogP contribution >= 0.6 is 0 Å². The third-order valence-corrected chi connectivity index (χ3v) is 13.7. The number of benzene rings is 9. The largest absolute Gasteiger partial charge is 0.456 e. The molecule has 0 bridgehead atoms. The Labute approximate surface area is 357 Å². The highest BCUT2D eigenvalue weighted by molar-refractivity contribution is 6.06. The summed E-state index contributed by atoms with van der Waals surface area (Å²) in [5.41, 5.74) is 21.2. The van der Waals surface area contributed by atoms with E-state index in [9.17, 15) is 0 Å². The molecule has 0 unspecified atom stereocenters. The highest BCUT2D eigenvalue weighted by atomic mass is 16.3. The summed E-state index contributed by atoms with van der Waals surface area (Å²) >= 11 is 0. The summed E-state index contributed by atoms with van der Waals surface area (Å²) in [7, 11) is 0. The third-order valence-electron chi connectivity index (χ3n) is 13.7. The van der Waals surface area contributed by atoms with Gasteiger partial charge in [-0.2, -0.15) is 0 Å². The Morgan fingerprint density at radius 1 is 0.410 bits per heavy atom. The molecule has 0 aliphatic heterocycles. The fourth-order valence-electron chi connectivity index (χ4n) is 10.9. The van der Waals surface area contributed by atoms with E-state index in [-0.39, 0.29) is 5.41 Å². The molecule has 2 aliphatic carbocycles. The molecule has 0 amide bonds. The molecule has 0 spiro atoms. The quantitative estimate of drug-likeness (QED) is 0.167. The van der Waals surface area contributed by atoms with Crippen LogP contribution in [0.5, 0.6) is 0 Å². The zero-order valence-electron chi connectivity index (χ0n) is 34.5. The lowest BCUT2D eigenvalue weighted by Crippen LogP contribution is -2.28. The van der Waals surface area contributed by atoms with Crippen LogP contribution in [0.15, 0.2) is 211 Å². The van der Waals surface area contributed by atoms with Crippen molar-refractivity contribution in [2.24, 2.45) is 0 Å². The van der Waals surface area contributed by atoms with Crippen molar-refractivity contribution in [3.05, 3.63) is 245 Å². The molecule has 0 saturated carbocycles. The van der Waals surface area contributed by atoms with Gasteiger partial charge in [-0.25, -0.2) is 0 Å². The van der Waals surface area contributed by atoms with Crippen LogP contribution in [0, 0.1) is 6.92 Å². The van der Waals surface area contributed by atoms with Gasteiger partial charge in [0.1, 0.15) is 11.2 Å². The van der Waals surface area contributed by atoms with E-state index in [1.165, 1.54) is 72.3 Å². The molecule has 0 N–H and O–H groups in total. The molecule has 2 aliphatic rings. The normalized spacial score (nSPS) is 14.1. The van der Waals surface area contributed by atoms with Crippen molar-refractivity contribution in [2.45, 2.75) is 31.6 Å². The summed E-state index contributed by atoms with van der Waals surface area (Å²) < 4.78 is 6.21. The van der Waals surface area contributed by atoms with Crippen LogP contribution in [0.25, 0.3) is 55.3 Å². The standard InChI is InChI=1S/C59H43NO/c1-38-35-42(30-32-44(38)39-29-34-56-49(36-39)47-22-12-15-28-55(47)61-56)60(43-31-33-46-45-21-10-13-24-50(45)58(2,3)53(46)37-43)54-27-16-26-52-57(54)48-23-11-14-25-51(48)59(52,40-17-6-4-7-18-40)41-19-8-5-9-20-41/h4-37H,1-3H3. The zero-order chi connectivity index (χ0) is 40.9. The molecule has 1 heterocycles. The molecule has 0 saturated heterocycles. The van der Waals surface area contributed by atoms with Gasteiger partial charge < -0.3 is 9.32 Å². The van der Waals surface area contributed by atoms with Gasteiger partial charge in [-0.15, -0.1) is 0 Å². The van der Waals surface area contributed by atoms with E-state index < -0.39 is 5.41 Å². The minimum absolute atomic E-state index is 0.149. The molecule has 0 fully saturated rings. The SMILES string of the molecule is Cc1cc(N(c2ccc3c(c2)C(C)(C)c2ccccc2-3)c2cccc3c2-c2ccccc2C3(c2ccccc2)c2ccccc2)ccc1-c1ccc2oc3ccccc3c2c1. The second-order valence-corrected chi connectivity index (χ2v) is 17.3. The van der Waals surface area contributed by atoms with Crippen molar-refractivity contribution in [1.82, 2.24) is 0 Å². The molecule has 61 heavy (non-hydrogen) atoms. The van der Waals surface area contributed by atoms with Gasteiger partial charge >= 0.3 is 0 Å². The summed E-state index contributed by atoms with van der Waals surface area (Å²) in [5, 5.41) is 2.28. The van der Waals surface area contributed by atoms with Crippen molar-refractivity contribution in [3.8, 4) is 33.4 Å². The van der Waals surface area contributed by atoms with Gasteiger partial charge in [-0.1, -0.05) is 172 Å². The van der Waals surface area contributed by atoms with E-state index in [1.54, 1.807) is 0 Å². The van der Waals surface area contributed by atoms with Crippen LogP contribution in [0.4, 0.5) is 17.1 Å². The van der Waals surface area contributed by atoms with Crippen molar-refractivity contribution >= 4 is 39.0 Å². The van der Waals surface area contributed by atoms with Crippen LogP contribution in [0.3, 0.4) is 0 Å². The highest BCUT2D eigenvalue weighted by Gasteiger charge is 2.47. The average molecular weight is 782 g/mol. The number of rotatable bonds is 6. The highest BCUT2D eigenvalue weighted by Crippen LogP contribution is 2.60. The number of furan rings is 1. The van der Waals surface area contributed by atoms with Gasteiger partial charge in [-0.05, 0) is 122 Å². The van der Waals surface area contributed by atoms with Crippen LogP contribution in [0.2, 0.25) is 0 Å². The predicted molar refractivity (Wildman–Crippen MR) is 253 cm³/mol. The van der Waals surface area contributed by atoms with Gasteiger partial charge in [-0.3, -0.25) is 0 Å². The minimum Gasteiger partial charge on any atom is -0.456 e. The number of anilines is 3. The molecule has 290 valence electrons. The Balaban J connectivity index is 1.10. The summed E-state index contributed by atoms with van der Waals surface area (Å²) in [5.74, 6) is 0. The lowest BCUT2D eigenvalue weighted by Gasteiger charge is -2.34. The fourth-order valence-corrected chi connectivity index (χ4v) is 10.9. The molecular weight excluding hydrogens is 739 g/mol. The van der Waals surface area contributed by atoms with Crippen LogP contribution in [-0.4, -0.2) is 0 Å². The Morgan fingerprint density at radius 2 is 1.00 bits per heavy atom. The number of fused-ring (bicyclic) bond motifs is 9. The molecule has 10 aromatic rings. The first-order valence-corrected chi connectivity index (χ1v) is 21.3. The van der Waals surface area contributed by atoms with Gasteiger partial charge in [0.15, 0.2) is 0 Å². The first-order valence-electron chi connectivity index (χ1n) is 21.3. The summed E-state index contributed by atoms with van der Waals surface area (Å²) in [6.07, 6.45) is 0. The fraction of sp³-hybridized carbons (Fsp3) is 0.0847. The van der Waals surface area contributed by atoms with Crippen LogP contribution in [-0.2, 0) is 10.8 Å². The number of para-hydroxylation sites is 1. The monoisotopic (exact) mass is 781 g/mol. The molecular formula is C59H43NO. The van der Waals surface area contributed by atoms with Crippen molar-refractivity contribution < 1.29 is 4.42 Å². The minimum atomic E-state index is -0.507. The van der Waals surface area contributed by atoms with Crippen molar-refractivity contribution in [3.63, 3.8) is 0 Å². The molecule has 2 heteroatoms. The van der Waals surface area contributed by atoms with Gasteiger partial charge in [0.2, 0.25) is 0 Å². The maximum atomic E-state index is 6.21. The lowest BCUT2D eigenvalue weighted by atomic mass is 9.68. The van der Waals surface area contributed by atoms with Gasteiger partial charge in [0.05, 0.1) is 11.1 Å². The third kappa shape index (κ3) is 5.09. The molecule has 0 radical (unpaired) electrons. The van der Waals surface area contributed by atoms with E-state index in [1.807, 2.05) is 12.1 Å². The predicted octanol–water partition coefficient (Wildman–Crippen LogP) is 15.7. The summed E-state index contributed by atoms with van der Waals surface area (Å²) in [6, 6.07) is 76.2. The molecule has 0 atom stereocenters. The van der Waals surface area contributed by atoms with E-state index >= 15 is 0 Å². The molecule has 9 aromatic carbocycles. The average Bonchev–Trinajstić information content (AvgIpc) is 3.91. The maximum Gasteiger partial charge on any atom is 0.135 e. The first kappa shape index (κ1) is 35.5. The van der Waals surface area contributed by atoms with Crippen molar-refractivity contribution in [2.75, 3.05) is 4.90 Å². The van der Waals surface area contributed by atoms with Gasteiger partial charge in [0.25, 0.3) is 0 Å². The summed E-state index contributed by atoms with van der Waals surface area (Å²) in [4.78, 5) is 2.52. The van der Waals surface area contributed by atoms with E-state index in [2.05, 4.69) is 220 Å². The zero-order valence-corrected chi connectivity index (χ0v) is 34.5. The Hall–Kier alpha value is -7.42. The Kier molecular flexibility index (Phi) is 7.74. The van der Waals surface area contributed by atoms with Crippen LogP contribution in [0.1, 0.15) is 52.8 Å². The van der Waals surface area contributed by atoms with E-state index in [0.717, 1.165) is 39.0 Å². The first-order chi connectivity index (χ1) is 29.9. The second kappa shape index (κ2) is 13.3. The number of hydrogen-bond acceptors (Lipinski definition) is 2. The summed E-state index contributed by atoms with van der Waals surface area (Å²) in [6.45, 7) is 6.99. The maximum absolute atomic E-state index is 6.21. The molecule has 12 rings (SSSR count). The second-order valence-electron chi connectivity index (χ2n) is 17.3.